The zero-order valence-corrected chi connectivity index (χ0v) is 18.3. The van der Waals surface area contributed by atoms with Gasteiger partial charge in [0.25, 0.3) is 5.91 Å². The molecule has 1 aromatic carbocycles. The van der Waals surface area contributed by atoms with E-state index in [4.69, 9.17) is 31.5 Å². The zero-order chi connectivity index (χ0) is 21.0. The second-order valence-electron chi connectivity index (χ2n) is 7.94. The summed E-state index contributed by atoms with van der Waals surface area (Å²) in [7, 11) is 1.68. The smallest absolute Gasteiger partial charge is 0.255 e. The number of rotatable bonds is 7. The summed E-state index contributed by atoms with van der Waals surface area (Å²) in [6.07, 6.45) is 2.57. The molecule has 2 heterocycles. The van der Waals surface area contributed by atoms with Crippen LogP contribution >= 0.6 is 11.6 Å². The lowest BCUT2D eigenvalue weighted by molar-refractivity contribution is -0.00855. The van der Waals surface area contributed by atoms with Crippen LogP contribution in [0, 0.1) is 0 Å². The lowest BCUT2D eigenvalue weighted by Gasteiger charge is -2.38. The zero-order valence-electron chi connectivity index (χ0n) is 17.5. The summed E-state index contributed by atoms with van der Waals surface area (Å²) in [4.78, 5) is 15.4. The van der Waals surface area contributed by atoms with Gasteiger partial charge in [-0.2, -0.15) is 0 Å². The molecule has 29 heavy (non-hydrogen) atoms. The fourth-order valence-corrected chi connectivity index (χ4v) is 4.18. The molecule has 1 aromatic rings. The summed E-state index contributed by atoms with van der Waals surface area (Å²) in [6.45, 7) is 7.82. The van der Waals surface area contributed by atoms with Crippen LogP contribution in [0.5, 0.6) is 5.75 Å². The van der Waals surface area contributed by atoms with E-state index in [-0.39, 0.29) is 24.2 Å². The molecule has 0 bridgehead atoms. The van der Waals surface area contributed by atoms with Crippen molar-refractivity contribution in [3.63, 3.8) is 0 Å². The third-order valence-electron chi connectivity index (χ3n) is 5.56. The van der Waals surface area contributed by atoms with E-state index in [1.165, 1.54) is 0 Å². The van der Waals surface area contributed by atoms with Crippen molar-refractivity contribution in [2.45, 2.75) is 51.4 Å². The predicted octanol–water partition coefficient (Wildman–Crippen LogP) is 2.49. The number of nitrogens with two attached hydrogens (primary N) is 1. The maximum Gasteiger partial charge on any atom is 0.255 e. The molecule has 8 heteroatoms. The van der Waals surface area contributed by atoms with Crippen LogP contribution < -0.4 is 15.8 Å². The monoisotopic (exact) mass is 425 g/mol. The average molecular weight is 426 g/mol. The maximum atomic E-state index is 13.1. The van der Waals surface area contributed by atoms with E-state index in [9.17, 15) is 4.79 Å². The minimum Gasteiger partial charge on any atom is -0.492 e. The number of ether oxygens (including phenoxy) is 3. The topological polar surface area (TPSA) is 86.1 Å². The van der Waals surface area contributed by atoms with Gasteiger partial charge < -0.3 is 25.3 Å². The van der Waals surface area contributed by atoms with Gasteiger partial charge >= 0.3 is 0 Å². The first-order valence-corrected chi connectivity index (χ1v) is 10.7. The second-order valence-corrected chi connectivity index (χ2v) is 8.35. The van der Waals surface area contributed by atoms with E-state index in [0.717, 1.165) is 44.5 Å². The van der Waals surface area contributed by atoms with E-state index in [0.29, 0.717) is 35.2 Å². The highest BCUT2D eigenvalue weighted by Gasteiger charge is 2.32. The molecule has 0 radical (unpaired) electrons. The Kier molecular flexibility index (Phi) is 7.62. The van der Waals surface area contributed by atoms with E-state index in [2.05, 4.69) is 10.2 Å². The van der Waals surface area contributed by atoms with Crippen molar-refractivity contribution in [1.29, 1.82) is 0 Å². The summed E-state index contributed by atoms with van der Waals surface area (Å²) in [5.74, 6) is 0.363. The number of nitrogen functional groups attached to an aromatic ring is 1. The van der Waals surface area contributed by atoms with Gasteiger partial charge in [0, 0.05) is 32.3 Å². The Labute approximate surface area is 177 Å². The molecule has 2 atom stereocenters. The number of nitrogens with one attached hydrogen (secondary N) is 1. The van der Waals surface area contributed by atoms with Crippen molar-refractivity contribution in [3.05, 3.63) is 22.2 Å². The quantitative estimate of drug-likeness (QED) is 0.653. The van der Waals surface area contributed by atoms with Crippen LogP contribution in [-0.2, 0) is 15.9 Å². The van der Waals surface area contributed by atoms with Gasteiger partial charge in [0.15, 0.2) is 0 Å². The van der Waals surface area contributed by atoms with Gasteiger partial charge in [-0.1, -0.05) is 11.6 Å². The minimum atomic E-state index is -0.200. The van der Waals surface area contributed by atoms with Crippen molar-refractivity contribution in [2.24, 2.45) is 0 Å². The van der Waals surface area contributed by atoms with Gasteiger partial charge in [-0.25, -0.2) is 0 Å². The summed E-state index contributed by atoms with van der Waals surface area (Å²) < 4.78 is 17.1. The standard InChI is InChI=1S/C21H32ClN3O4/c1-13(2)28-10-8-25-7-6-17(18(12-25)27-3)24-21(26)15-11-16(22)19(23)14-5-4-9-29-20(14)15/h11,13,17-18H,4-10,12,23H2,1-3H3,(H,24,26)/t17-,18+/m0/s1. The number of hydrogen-bond acceptors (Lipinski definition) is 6. The number of carbonyl (C=O) groups excluding carboxylic acids is 1. The van der Waals surface area contributed by atoms with Gasteiger partial charge in [-0.3, -0.25) is 9.69 Å². The Morgan fingerprint density at radius 1 is 1.48 bits per heavy atom. The molecule has 1 fully saturated rings. The van der Waals surface area contributed by atoms with Crippen LogP contribution in [0.3, 0.4) is 0 Å². The summed E-state index contributed by atoms with van der Waals surface area (Å²) in [5, 5.41) is 3.52. The highest BCUT2D eigenvalue weighted by molar-refractivity contribution is 6.33. The van der Waals surface area contributed by atoms with Crippen LogP contribution in [0.1, 0.15) is 42.6 Å². The minimum absolute atomic E-state index is 0.0784. The molecule has 0 unspecified atom stereocenters. The predicted molar refractivity (Wildman–Crippen MR) is 114 cm³/mol. The summed E-state index contributed by atoms with van der Waals surface area (Å²) in [5.41, 5.74) is 7.88. The fourth-order valence-electron chi connectivity index (χ4n) is 3.96. The number of piperidine rings is 1. The van der Waals surface area contributed by atoms with Crippen molar-refractivity contribution >= 4 is 23.2 Å². The number of hydrogen-bond donors (Lipinski definition) is 2. The molecule has 3 N–H and O–H groups in total. The van der Waals surface area contributed by atoms with Crippen LogP contribution in [0.2, 0.25) is 5.02 Å². The molecule has 0 saturated carbocycles. The Hall–Kier alpha value is -1.54. The number of amides is 1. The summed E-state index contributed by atoms with van der Waals surface area (Å²) >= 11 is 6.28. The number of anilines is 1. The molecule has 2 aliphatic rings. The molecule has 7 nitrogen and oxygen atoms in total. The van der Waals surface area contributed by atoms with Crippen LogP contribution in [0.25, 0.3) is 0 Å². The molecule has 162 valence electrons. The number of halogens is 1. The van der Waals surface area contributed by atoms with Gasteiger partial charge in [-0.05, 0) is 39.2 Å². The molecule has 0 aromatic heterocycles. The van der Waals surface area contributed by atoms with E-state index in [1.54, 1.807) is 13.2 Å². The molecule has 1 saturated heterocycles. The molecular weight excluding hydrogens is 394 g/mol. The highest BCUT2D eigenvalue weighted by Crippen LogP contribution is 2.38. The Morgan fingerprint density at radius 2 is 2.28 bits per heavy atom. The molecule has 2 aliphatic heterocycles. The van der Waals surface area contributed by atoms with Crippen molar-refractivity contribution in [2.75, 3.05) is 45.7 Å². The van der Waals surface area contributed by atoms with E-state index >= 15 is 0 Å². The van der Waals surface area contributed by atoms with Gasteiger partial charge in [-0.15, -0.1) is 0 Å². The fraction of sp³-hybridized carbons (Fsp3) is 0.667. The third-order valence-corrected chi connectivity index (χ3v) is 5.87. The molecule has 0 spiro atoms. The number of carbonyl (C=O) groups is 1. The van der Waals surface area contributed by atoms with Crippen LogP contribution in [0.15, 0.2) is 6.07 Å². The van der Waals surface area contributed by atoms with Crippen LogP contribution in [-0.4, -0.2) is 69.0 Å². The first-order valence-electron chi connectivity index (χ1n) is 10.3. The normalized spacial score (nSPS) is 22.2. The number of nitrogens with zero attached hydrogens (tertiary/aromatic N) is 1. The lowest BCUT2D eigenvalue weighted by atomic mass is 9.98. The first kappa shape index (κ1) is 22.2. The Balaban J connectivity index is 1.66. The summed E-state index contributed by atoms with van der Waals surface area (Å²) in [6, 6.07) is 1.53. The molecule has 3 rings (SSSR count). The molecule has 1 amide bonds. The van der Waals surface area contributed by atoms with Crippen molar-refractivity contribution in [3.8, 4) is 5.75 Å². The van der Waals surface area contributed by atoms with Gasteiger partial charge in [0.2, 0.25) is 0 Å². The van der Waals surface area contributed by atoms with Crippen LogP contribution in [0.4, 0.5) is 5.69 Å². The number of fused-ring (bicyclic) bond motifs is 1. The maximum absolute atomic E-state index is 13.1. The van der Waals surface area contributed by atoms with Gasteiger partial charge in [0.05, 0.1) is 47.7 Å². The van der Waals surface area contributed by atoms with Crippen molar-refractivity contribution < 1.29 is 19.0 Å². The number of benzene rings is 1. The second kappa shape index (κ2) is 9.98. The lowest BCUT2D eigenvalue weighted by Crippen LogP contribution is -2.55. The number of methoxy groups -OCH3 is 1. The molecular formula is C21H32ClN3O4. The largest absolute Gasteiger partial charge is 0.492 e. The Morgan fingerprint density at radius 3 is 3.00 bits per heavy atom. The number of likely N-dealkylation sites (tertiary alicyclic amines) is 1. The Bertz CT molecular complexity index is 728. The van der Waals surface area contributed by atoms with Crippen molar-refractivity contribution in [1.82, 2.24) is 10.2 Å². The van der Waals surface area contributed by atoms with Gasteiger partial charge in [0.1, 0.15) is 5.75 Å². The SMILES string of the molecule is CO[C@@H]1CN(CCOC(C)C)CC[C@@H]1NC(=O)c1cc(Cl)c(N)c2c1OCCC2. The van der Waals surface area contributed by atoms with E-state index in [1.807, 2.05) is 13.8 Å². The first-order chi connectivity index (χ1) is 13.9. The molecule has 0 aliphatic carbocycles. The van der Waals surface area contributed by atoms with E-state index < -0.39 is 0 Å². The third kappa shape index (κ3) is 5.34. The average Bonchev–Trinajstić information content (AvgIpc) is 2.71. The highest BCUT2D eigenvalue weighted by atomic mass is 35.5.